The maximum atomic E-state index is 6.11. The monoisotopic (exact) mass is 444 g/mol. The largest absolute Gasteiger partial charge is 0.486 e. The number of aryl methyl sites for hydroxylation is 1. The van der Waals surface area contributed by atoms with Gasteiger partial charge in [-0.1, -0.05) is 47.7 Å². The van der Waals surface area contributed by atoms with E-state index in [4.69, 9.17) is 14.1 Å². The van der Waals surface area contributed by atoms with Crippen molar-refractivity contribution in [2.24, 2.45) is 0 Å². The van der Waals surface area contributed by atoms with E-state index in [0.717, 1.165) is 48.6 Å². The molecule has 6 nitrogen and oxygen atoms in total. The molecule has 31 heavy (non-hydrogen) atoms. The molecule has 2 aromatic carbocycles. The Bertz CT molecular complexity index is 1480. The van der Waals surface area contributed by atoms with Crippen LogP contribution in [-0.2, 0) is 6.61 Å². The zero-order valence-electron chi connectivity index (χ0n) is 16.5. The van der Waals surface area contributed by atoms with Crippen molar-refractivity contribution in [3.05, 3.63) is 76.9 Å². The molecule has 0 aliphatic carbocycles. The van der Waals surface area contributed by atoms with Crippen molar-refractivity contribution in [2.75, 3.05) is 0 Å². The number of aromatic nitrogens is 4. The van der Waals surface area contributed by atoms with E-state index in [0.29, 0.717) is 12.4 Å². The maximum absolute atomic E-state index is 6.11. The Morgan fingerprint density at radius 1 is 1.06 bits per heavy atom. The topological polar surface area (TPSA) is 65.5 Å². The third-order valence-electron chi connectivity index (χ3n) is 4.87. The minimum atomic E-state index is 0.395. The SMILES string of the molecule is Cc1nn2cc(-c3cc4c(OCc5csc(-c6ccccc6)n5)cccc4o3)nc2s1. The van der Waals surface area contributed by atoms with Crippen LogP contribution in [0.2, 0.25) is 0 Å². The molecule has 8 heteroatoms. The summed E-state index contributed by atoms with van der Waals surface area (Å²) in [5.41, 5.74) is 3.54. The molecule has 0 fully saturated rings. The minimum absolute atomic E-state index is 0.395. The van der Waals surface area contributed by atoms with E-state index < -0.39 is 0 Å². The van der Waals surface area contributed by atoms with Crippen molar-refractivity contribution in [2.45, 2.75) is 13.5 Å². The molecule has 0 aliphatic heterocycles. The molecule has 0 radical (unpaired) electrons. The average Bonchev–Trinajstić information content (AvgIpc) is 3.55. The van der Waals surface area contributed by atoms with Crippen molar-refractivity contribution >= 4 is 38.6 Å². The molecule has 4 heterocycles. The van der Waals surface area contributed by atoms with Crippen LogP contribution >= 0.6 is 22.7 Å². The number of benzene rings is 2. The molecule has 6 aromatic rings. The molecule has 4 aromatic heterocycles. The van der Waals surface area contributed by atoms with Crippen molar-refractivity contribution in [1.29, 1.82) is 0 Å². The van der Waals surface area contributed by atoms with Crippen LogP contribution in [0, 0.1) is 6.92 Å². The van der Waals surface area contributed by atoms with Crippen molar-refractivity contribution in [1.82, 2.24) is 19.6 Å². The number of hydrogen-bond donors (Lipinski definition) is 0. The van der Waals surface area contributed by atoms with E-state index in [1.165, 1.54) is 0 Å². The van der Waals surface area contributed by atoms with E-state index in [1.807, 2.05) is 61.0 Å². The smallest absolute Gasteiger partial charge is 0.212 e. The summed E-state index contributed by atoms with van der Waals surface area (Å²) in [7, 11) is 0. The van der Waals surface area contributed by atoms with Gasteiger partial charge in [-0.05, 0) is 25.1 Å². The van der Waals surface area contributed by atoms with Gasteiger partial charge in [-0.2, -0.15) is 5.10 Å². The van der Waals surface area contributed by atoms with Gasteiger partial charge in [-0.15, -0.1) is 11.3 Å². The first-order chi connectivity index (χ1) is 15.2. The number of nitrogens with zero attached hydrogens (tertiary/aromatic N) is 4. The summed E-state index contributed by atoms with van der Waals surface area (Å²) in [6.45, 7) is 2.36. The summed E-state index contributed by atoms with van der Waals surface area (Å²) in [4.78, 5) is 10.2. The summed E-state index contributed by atoms with van der Waals surface area (Å²) in [5, 5.41) is 9.34. The molecule has 0 amide bonds. The number of imidazole rings is 1. The number of hydrogen-bond acceptors (Lipinski definition) is 7. The minimum Gasteiger partial charge on any atom is -0.486 e. The van der Waals surface area contributed by atoms with Gasteiger partial charge >= 0.3 is 0 Å². The van der Waals surface area contributed by atoms with Gasteiger partial charge in [0.15, 0.2) is 5.76 Å². The summed E-state index contributed by atoms with van der Waals surface area (Å²) < 4.78 is 13.9. The molecule has 0 bridgehead atoms. The Balaban J connectivity index is 1.26. The highest BCUT2D eigenvalue weighted by Gasteiger charge is 2.15. The quantitative estimate of drug-likeness (QED) is 0.316. The van der Waals surface area contributed by atoms with Crippen LogP contribution in [0.5, 0.6) is 5.75 Å². The van der Waals surface area contributed by atoms with E-state index >= 15 is 0 Å². The van der Waals surface area contributed by atoms with Crippen molar-refractivity contribution < 1.29 is 9.15 Å². The van der Waals surface area contributed by atoms with Gasteiger partial charge in [0, 0.05) is 10.9 Å². The van der Waals surface area contributed by atoms with Crippen LogP contribution in [0.4, 0.5) is 0 Å². The van der Waals surface area contributed by atoms with Crippen LogP contribution in [-0.4, -0.2) is 19.6 Å². The third kappa shape index (κ3) is 3.39. The molecule has 0 saturated carbocycles. The van der Waals surface area contributed by atoms with Crippen LogP contribution in [0.1, 0.15) is 10.7 Å². The van der Waals surface area contributed by atoms with Gasteiger partial charge in [0.2, 0.25) is 4.96 Å². The second-order valence-electron chi connectivity index (χ2n) is 7.05. The molecule has 0 unspecified atom stereocenters. The first kappa shape index (κ1) is 18.3. The Morgan fingerprint density at radius 3 is 2.84 bits per heavy atom. The van der Waals surface area contributed by atoms with Crippen molar-refractivity contribution in [3.63, 3.8) is 0 Å². The zero-order valence-corrected chi connectivity index (χ0v) is 18.1. The fourth-order valence-electron chi connectivity index (χ4n) is 3.44. The number of rotatable bonds is 5. The summed E-state index contributed by atoms with van der Waals surface area (Å²) >= 11 is 3.17. The van der Waals surface area contributed by atoms with Gasteiger partial charge in [-0.25, -0.2) is 14.5 Å². The van der Waals surface area contributed by atoms with Crippen LogP contribution < -0.4 is 4.74 Å². The standard InChI is InChI=1S/C23H16N4O2S2/c1-14-26-27-11-18(25-23(27)31-14)21-10-17-19(8-5-9-20(17)29-21)28-12-16-13-30-22(24-16)15-6-3-2-4-7-15/h2-11,13H,12H2,1H3. The highest BCUT2D eigenvalue weighted by atomic mass is 32.1. The Kier molecular flexibility index (Phi) is 4.33. The van der Waals surface area contributed by atoms with E-state index in [2.05, 4.69) is 22.2 Å². The Hall–Kier alpha value is -3.49. The fourth-order valence-corrected chi connectivity index (χ4v) is 4.98. The highest BCUT2D eigenvalue weighted by molar-refractivity contribution is 7.16. The first-order valence-electron chi connectivity index (χ1n) is 9.71. The predicted molar refractivity (Wildman–Crippen MR) is 123 cm³/mol. The number of ether oxygens (including phenoxy) is 1. The van der Waals surface area contributed by atoms with Gasteiger partial charge in [0.05, 0.1) is 17.3 Å². The summed E-state index contributed by atoms with van der Waals surface area (Å²) in [5.74, 6) is 1.46. The fraction of sp³-hybridized carbons (Fsp3) is 0.0870. The predicted octanol–water partition coefficient (Wildman–Crippen LogP) is 6.21. The lowest BCUT2D eigenvalue weighted by molar-refractivity contribution is 0.306. The molecule has 0 N–H and O–H groups in total. The number of thiazole rings is 1. The van der Waals surface area contributed by atoms with E-state index in [1.54, 1.807) is 27.2 Å². The van der Waals surface area contributed by atoms with Gasteiger partial charge in [0.25, 0.3) is 0 Å². The second kappa shape index (κ2) is 7.33. The van der Waals surface area contributed by atoms with E-state index in [-0.39, 0.29) is 0 Å². The second-order valence-corrected chi connectivity index (χ2v) is 9.07. The molecular formula is C23H16N4O2S2. The lowest BCUT2D eigenvalue weighted by Crippen LogP contribution is -1.96. The van der Waals surface area contributed by atoms with Crippen LogP contribution in [0.25, 0.3) is 38.0 Å². The number of furan rings is 1. The lowest BCUT2D eigenvalue weighted by Gasteiger charge is -2.04. The lowest BCUT2D eigenvalue weighted by atomic mass is 10.2. The first-order valence-corrected chi connectivity index (χ1v) is 11.4. The Morgan fingerprint density at radius 2 is 1.97 bits per heavy atom. The van der Waals surface area contributed by atoms with Crippen LogP contribution in [0.3, 0.4) is 0 Å². The maximum Gasteiger partial charge on any atom is 0.212 e. The van der Waals surface area contributed by atoms with Gasteiger partial charge in [-0.3, -0.25) is 0 Å². The van der Waals surface area contributed by atoms with E-state index in [9.17, 15) is 0 Å². The van der Waals surface area contributed by atoms with Gasteiger partial charge < -0.3 is 9.15 Å². The molecule has 0 saturated heterocycles. The Labute approximate surface area is 185 Å². The van der Waals surface area contributed by atoms with Crippen LogP contribution in [0.15, 0.2) is 70.6 Å². The van der Waals surface area contributed by atoms with Crippen molar-refractivity contribution in [3.8, 4) is 27.8 Å². The summed E-state index contributed by atoms with van der Waals surface area (Å²) in [6.07, 6.45) is 1.89. The molecule has 6 rings (SSSR count). The third-order valence-corrected chi connectivity index (χ3v) is 6.64. The number of fused-ring (bicyclic) bond motifs is 2. The van der Waals surface area contributed by atoms with Gasteiger partial charge in [0.1, 0.15) is 33.6 Å². The molecular weight excluding hydrogens is 428 g/mol. The summed E-state index contributed by atoms with van der Waals surface area (Å²) in [6, 6.07) is 18.0. The molecule has 0 atom stereocenters. The molecule has 152 valence electrons. The average molecular weight is 445 g/mol. The molecule has 0 spiro atoms. The normalized spacial score (nSPS) is 11.5. The molecule has 0 aliphatic rings. The zero-order chi connectivity index (χ0) is 20.8. The highest BCUT2D eigenvalue weighted by Crippen LogP contribution is 2.34.